The van der Waals surface area contributed by atoms with Gasteiger partial charge in [0.25, 0.3) is 5.91 Å². The Balaban J connectivity index is 1.56. The number of carbonyl (C=O) groups is 2. The van der Waals surface area contributed by atoms with Gasteiger partial charge in [0, 0.05) is 5.56 Å². The monoisotopic (exact) mass is 328 g/mol. The number of fused-ring (bicyclic) bond motifs is 1. The molecule has 0 aromatic heterocycles. The zero-order valence-corrected chi connectivity index (χ0v) is 12.9. The molecule has 0 saturated carbocycles. The molecule has 1 aliphatic rings. The zero-order chi connectivity index (χ0) is 17.1. The van der Waals surface area contributed by atoms with Crippen LogP contribution in [0.15, 0.2) is 42.5 Å². The Bertz CT molecular complexity index is 774. The van der Waals surface area contributed by atoms with E-state index in [1.807, 2.05) is 6.07 Å². The second kappa shape index (κ2) is 6.70. The summed E-state index contributed by atoms with van der Waals surface area (Å²) in [4.78, 5) is 23.0. The van der Waals surface area contributed by atoms with Crippen LogP contribution in [0.1, 0.15) is 33.9 Å². The Morgan fingerprint density at radius 1 is 1.21 bits per heavy atom. The molecular weight excluding hydrogens is 311 g/mol. The standard InChI is InChI=1S/C18H17FN2O3/c19-15-3-1-2-14-13(15)8-9-16(14)21-17(22)10-24-12-6-4-11(5-7-12)18(20)23/h1-7,16H,8-10H2,(H2,20,23)(H,21,22)/t16-/m1/s1. The number of halogens is 1. The summed E-state index contributed by atoms with van der Waals surface area (Å²) in [5.74, 6) is -0.564. The number of benzene rings is 2. The Labute approximate surface area is 138 Å². The summed E-state index contributed by atoms with van der Waals surface area (Å²) < 4.78 is 19.1. The van der Waals surface area contributed by atoms with Crippen LogP contribution in [0.2, 0.25) is 0 Å². The van der Waals surface area contributed by atoms with Crippen LogP contribution < -0.4 is 15.8 Å². The van der Waals surface area contributed by atoms with Crippen molar-refractivity contribution in [2.75, 3.05) is 6.61 Å². The van der Waals surface area contributed by atoms with Crippen LogP contribution in [-0.2, 0) is 11.2 Å². The summed E-state index contributed by atoms with van der Waals surface area (Å²) in [7, 11) is 0. The Kier molecular flexibility index (Phi) is 4.46. The highest BCUT2D eigenvalue weighted by atomic mass is 19.1. The summed E-state index contributed by atoms with van der Waals surface area (Å²) in [6.45, 7) is -0.156. The van der Waals surface area contributed by atoms with E-state index in [1.54, 1.807) is 18.2 Å². The third-order valence-corrected chi connectivity index (χ3v) is 4.06. The van der Waals surface area contributed by atoms with Crippen LogP contribution in [0.5, 0.6) is 5.75 Å². The number of hydrogen-bond donors (Lipinski definition) is 2. The van der Waals surface area contributed by atoms with Crippen molar-refractivity contribution in [1.82, 2.24) is 5.32 Å². The normalized spacial score (nSPS) is 15.6. The summed E-state index contributed by atoms with van der Waals surface area (Å²) in [6.07, 6.45) is 1.29. The second-order valence-corrected chi connectivity index (χ2v) is 5.64. The van der Waals surface area contributed by atoms with E-state index in [9.17, 15) is 14.0 Å². The predicted octanol–water partition coefficient (Wildman–Crippen LogP) is 2.11. The maximum absolute atomic E-state index is 13.7. The van der Waals surface area contributed by atoms with Crippen molar-refractivity contribution in [3.05, 3.63) is 65.0 Å². The van der Waals surface area contributed by atoms with Crippen LogP contribution in [0.4, 0.5) is 4.39 Å². The molecule has 24 heavy (non-hydrogen) atoms. The minimum absolute atomic E-state index is 0.156. The van der Waals surface area contributed by atoms with Crippen molar-refractivity contribution in [3.8, 4) is 5.75 Å². The smallest absolute Gasteiger partial charge is 0.258 e. The van der Waals surface area contributed by atoms with Gasteiger partial charge in [-0.3, -0.25) is 9.59 Å². The number of primary amides is 1. The molecule has 1 aliphatic carbocycles. The lowest BCUT2D eigenvalue weighted by Crippen LogP contribution is -2.31. The maximum atomic E-state index is 13.7. The minimum Gasteiger partial charge on any atom is -0.484 e. The molecule has 3 rings (SSSR count). The van der Waals surface area contributed by atoms with Crippen molar-refractivity contribution in [3.63, 3.8) is 0 Å². The molecule has 0 fully saturated rings. The van der Waals surface area contributed by atoms with Crippen LogP contribution in [0.25, 0.3) is 0 Å². The zero-order valence-electron chi connectivity index (χ0n) is 12.9. The van der Waals surface area contributed by atoms with Crippen LogP contribution in [-0.4, -0.2) is 18.4 Å². The van der Waals surface area contributed by atoms with E-state index >= 15 is 0 Å². The Morgan fingerprint density at radius 2 is 1.96 bits per heavy atom. The molecule has 2 aromatic rings. The highest BCUT2D eigenvalue weighted by molar-refractivity contribution is 5.92. The SMILES string of the molecule is NC(=O)c1ccc(OCC(=O)N[C@@H]2CCc3c(F)cccc32)cc1. The lowest BCUT2D eigenvalue weighted by molar-refractivity contribution is -0.123. The first kappa shape index (κ1) is 16.0. The van der Waals surface area contributed by atoms with E-state index in [2.05, 4.69) is 5.32 Å². The van der Waals surface area contributed by atoms with Gasteiger partial charge in [0.1, 0.15) is 11.6 Å². The van der Waals surface area contributed by atoms with Crippen molar-refractivity contribution in [1.29, 1.82) is 0 Å². The van der Waals surface area contributed by atoms with Gasteiger partial charge < -0.3 is 15.8 Å². The van der Waals surface area contributed by atoms with Crippen molar-refractivity contribution in [2.24, 2.45) is 5.73 Å². The average Bonchev–Trinajstić information content (AvgIpc) is 2.98. The van der Waals surface area contributed by atoms with Crippen LogP contribution in [0.3, 0.4) is 0 Å². The first-order valence-corrected chi connectivity index (χ1v) is 7.64. The average molecular weight is 328 g/mol. The summed E-state index contributed by atoms with van der Waals surface area (Å²) >= 11 is 0. The van der Waals surface area contributed by atoms with Crippen molar-refractivity contribution >= 4 is 11.8 Å². The molecule has 124 valence electrons. The molecule has 0 bridgehead atoms. The van der Waals surface area contributed by atoms with Crippen molar-refractivity contribution in [2.45, 2.75) is 18.9 Å². The van der Waals surface area contributed by atoms with E-state index in [4.69, 9.17) is 10.5 Å². The number of rotatable bonds is 5. The van der Waals surface area contributed by atoms with Gasteiger partial charge in [-0.15, -0.1) is 0 Å². The molecule has 0 heterocycles. The van der Waals surface area contributed by atoms with E-state index in [0.29, 0.717) is 29.7 Å². The van der Waals surface area contributed by atoms with Gasteiger partial charge in [-0.1, -0.05) is 12.1 Å². The van der Waals surface area contributed by atoms with Gasteiger partial charge in [-0.25, -0.2) is 4.39 Å². The van der Waals surface area contributed by atoms with E-state index in [1.165, 1.54) is 18.2 Å². The number of hydrogen-bond acceptors (Lipinski definition) is 3. The van der Waals surface area contributed by atoms with E-state index in [-0.39, 0.29) is 24.4 Å². The number of nitrogens with two attached hydrogens (primary N) is 1. The molecule has 1 atom stereocenters. The molecule has 5 nitrogen and oxygen atoms in total. The molecule has 0 aliphatic heterocycles. The summed E-state index contributed by atoms with van der Waals surface area (Å²) in [6, 6.07) is 10.9. The molecular formula is C18H17FN2O3. The third kappa shape index (κ3) is 3.37. The molecule has 0 saturated heterocycles. The molecule has 2 amide bonds. The molecule has 0 spiro atoms. The lowest BCUT2D eigenvalue weighted by atomic mass is 10.1. The minimum atomic E-state index is -0.522. The predicted molar refractivity (Wildman–Crippen MR) is 86.1 cm³/mol. The van der Waals surface area contributed by atoms with Gasteiger partial charge in [0.05, 0.1) is 6.04 Å². The topological polar surface area (TPSA) is 81.4 Å². The number of ether oxygens (including phenoxy) is 1. The number of nitrogens with one attached hydrogen (secondary N) is 1. The molecule has 0 radical (unpaired) electrons. The van der Waals surface area contributed by atoms with Gasteiger partial charge in [0.2, 0.25) is 5.91 Å². The third-order valence-electron chi connectivity index (χ3n) is 4.06. The first-order valence-electron chi connectivity index (χ1n) is 7.64. The fourth-order valence-electron chi connectivity index (χ4n) is 2.86. The van der Waals surface area contributed by atoms with Gasteiger partial charge >= 0.3 is 0 Å². The highest BCUT2D eigenvalue weighted by Gasteiger charge is 2.26. The number of carbonyl (C=O) groups excluding carboxylic acids is 2. The molecule has 0 unspecified atom stereocenters. The van der Waals surface area contributed by atoms with Crippen molar-refractivity contribution < 1.29 is 18.7 Å². The maximum Gasteiger partial charge on any atom is 0.258 e. The van der Waals surface area contributed by atoms with Gasteiger partial charge in [-0.05, 0) is 54.3 Å². The van der Waals surface area contributed by atoms with Gasteiger partial charge in [0.15, 0.2) is 6.61 Å². The van der Waals surface area contributed by atoms with Crippen LogP contribution in [0, 0.1) is 5.82 Å². The fourth-order valence-corrected chi connectivity index (χ4v) is 2.86. The first-order chi connectivity index (χ1) is 11.5. The summed E-state index contributed by atoms with van der Waals surface area (Å²) in [5.41, 5.74) is 7.03. The molecule has 6 heteroatoms. The lowest BCUT2D eigenvalue weighted by Gasteiger charge is -2.14. The number of amides is 2. The Hall–Kier alpha value is -2.89. The fraction of sp³-hybridized carbons (Fsp3) is 0.222. The quantitative estimate of drug-likeness (QED) is 0.882. The van der Waals surface area contributed by atoms with Gasteiger partial charge in [-0.2, -0.15) is 0 Å². The molecule has 3 N–H and O–H groups in total. The Morgan fingerprint density at radius 3 is 2.67 bits per heavy atom. The van der Waals surface area contributed by atoms with E-state index in [0.717, 1.165) is 5.56 Å². The van der Waals surface area contributed by atoms with E-state index < -0.39 is 5.91 Å². The summed E-state index contributed by atoms with van der Waals surface area (Å²) in [5, 5.41) is 2.86. The second-order valence-electron chi connectivity index (χ2n) is 5.64. The van der Waals surface area contributed by atoms with Crippen LogP contribution >= 0.6 is 0 Å². The highest BCUT2D eigenvalue weighted by Crippen LogP contribution is 2.32. The molecule has 2 aromatic carbocycles. The largest absolute Gasteiger partial charge is 0.484 e.